The van der Waals surface area contributed by atoms with Crippen LogP contribution >= 0.6 is 0 Å². The molecule has 118 valence electrons. The van der Waals surface area contributed by atoms with Gasteiger partial charge < -0.3 is 10.4 Å². The summed E-state index contributed by atoms with van der Waals surface area (Å²) in [7, 11) is 0. The third-order valence-corrected chi connectivity index (χ3v) is 4.87. The van der Waals surface area contributed by atoms with Crippen LogP contribution in [0.25, 0.3) is 0 Å². The highest BCUT2D eigenvalue weighted by molar-refractivity contribution is 5.32. The first kappa shape index (κ1) is 16.5. The molecule has 21 heavy (non-hydrogen) atoms. The summed E-state index contributed by atoms with van der Waals surface area (Å²) in [6.07, 6.45) is 8.47. The Morgan fingerprint density at radius 3 is 2.38 bits per heavy atom. The first-order chi connectivity index (χ1) is 10.1. The van der Waals surface area contributed by atoms with Crippen molar-refractivity contribution in [3.63, 3.8) is 0 Å². The Bertz CT molecular complexity index is 435. The van der Waals surface area contributed by atoms with Crippen molar-refractivity contribution in [1.82, 2.24) is 5.32 Å². The Kier molecular flexibility index (Phi) is 6.25. The van der Waals surface area contributed by atoms with Gasteiger partial charge in [-0.3, -0.25) is 0 Å². The van der Waals surface area contributed by atoms with E-state index < -0.39 is 6.10 Å². The third kappa shape index (κ3) is 4.55. The van der Waals surface area contributed by atoms with E-state index in [4.69, 9.17) is 0 Å². The van der Waals surface area contributed by atoms with E-state index in [0.29, 0.717) is 6.04 Å². The lowest BCUT2D eigenvalue weighted by Crippen LogP contribution is -2.41. The van der Waals surface area contributed by atoms with Gasteiger partial charge >= 0.3 is 0 Å². The highest BCUT2D eigenvalue weighted by Gasteiger charge is 2.24. The van der Waals surface area contributed by atoms with Crippen molar-refractivity contribution in [3.8, 4) is 0 Å². The molecule has 0 saturated heterocycles. The fourth-order valence-electron chi connectivity index (χ4n) is 3.56. The van der Waals surface area contributed by atoms with Gasteiger partial charge in [0.25, 0.3) is 0 Å². The van der Waals surface area contributed by atoms with Crippen LogP contribution in [0, 0.1) is 13.8 Å². The van der Waals surface area contributed by atoms with Crippen molar-refractivity contribution >= 4 is 0 Å². The predicted octanol–water partition coefficient (Wildman–Crippen LogP) is 4.43. The van der Waals surface area contributed by atoms with Crippen LogP contribution in [0.5, 0.6) is 0 Å². The molecule has 1 fully saturated rings. The summed E-state index contributed by atoms with van der Waals surface area (Å²) in [5, 5.41) is 14.5. The molecule has 1 aromatic carbocycles. The van der Waals surface area contributed by atoms with E-state index in [1.165, 1.54) is 49.7 Å². The second-order valence-electron chi connectivity index (χ2n) is 6.67. The van der Waals surface area contributed by atoms with E-state index in [1.54, 1.807) is 0 Å². The van der Waals surface area contributed by atoms with Crippen LogP contribution in [-0.2, 0) is 0 Å². The van der Waals surface area contributed by atoms with E-state index in [2.05, 4.69) is 44.3 Å². The van der Waals surface area contributed by atoms with Crippen LogP contribution in [0.4, 0.5) is 0 Å². The molecule has 0 radical (unpaired) electrons. The summed E-state index contributed by atoms with van der Waals surface area (Å²) in [4.78, 5) is 0. The molecule has 1 aromatic rings. The maximum atomic E-state index is 10.8. The number of nitrogens with one attached hydrogen (secondary N) is 1. The maximum Gasteiger partial charge on any atom is 0.0945 e. The zero-order valence-corrected chi connectivity index (χ0v) is 13.9. The van der Waals surface area contributed by atoms with Crippen molar-refractivity contribution in [2.45, 2.75) is 83.9 Å². The van der Waals surface area contributed by atoms with E-state index >= 15 is 0 Å². The lowest BCUT2D eigenvalue weighted by Gasteiger charge is -2.29. The number of aliphatic hydroxyl groups is 1. The Balaban J connectivity index is 2.04. The van der Waals surface area contributed by atoms with Crippen molar-refractivity contribution < 1.29 is 5.11 Å². The van der Waals surface area contributed by atoms with Gasteiger partial charge in [0.15, 0.2) is 0 Å². The highest BCUT2D eigenvalue weighted by Crippen LogP contribution is 2.25. The van der Waals surface area contributed by atoms with Crippen LogP contribution in [0.1, 0.15) is 74.7 Å². The molecule has 0 bridgehead atoms. The van der Waals surface area contributed by atoms with Crippen molar-refractivity contribution in [3.05, 3.63) is 34.9 Å². The number of benzene rings is 1. The van der Waals surface area contributed by atoms with Gasteiger partial charge in [-0.1, -0.05) is 56.4 Å². The first-order valence-corrected chi connectivity index (χ1v) is 8.63. The topological polar surface area (TPSA) is 32.3 Å². The molecular weight excluding hydrogens is 258 g/mol. The smallest absolute Gasteiger partial charge is 0.0945 e. The SMILES string of the molecule is CCC(NC1CCCCCC1)C(O)c1ccc(C)cc1C. The van der Waals surface area contributed by atoms with Crippen molar-refractivity contribution in [1.29, 1.82) is 0 Å². The molecule has 2 unspecified atom stereocenters. The quantitative estimate of drug-likeness (QED) is 0.786. The number of hydrogen-bond donors (Lipinski definition) is 2. The summed E-state index contributed by atoms with van der Waals surface area (Å²) in [6.45, 7) is 6.37. The van der Waals surface area contributed by atoms with Gasteiger partial charge in [-0.2, -0.15) is 0 Å². The van der Waals surface area contributed by atoms with E-state index in [9.17, 15) is 5.11 Å². The van der Waals surface area contributed by atoms with E-state index in [0.717, 1.165) is 12.0 Å². The molecule has 2 atom stereocenters. The number of aryl methyl sites for hydroxylation is 2. The molecule has 0 aromatic heterocycles. The second-order valence-corrected chi connectivity index (χ2v) is 6.67. The summed E-state index contributed by atoms with van der Waals surface area (Å²) >= 11 is 0. The van der Waals surface area contributed by atoms with Crippen LogP contribution in [0.2, 0.25) is 0 Å². The molecule has 2 rings (SSSR count). The largest absolute Gasteiger partial charge is 0.387 e. The van der Waals surface area contributed by atoms with Gasteiger partial charge in [-0.05, 0) is 44.2 Å². The summed E-state index contributed by atoms with van der Waals surface area (Å²) in [5.74, 6) is 0. The monoisotopic (exact) mass is 289 g/mol. The number of aliphatic hydroxyl groups excluding tert-OH is 1. The molecule has 2 N–H and O–H groups in total. The van der Waals surface area contributed by atoms with Crippen molar-refractivity contribution in [2.24, 2.45) is 0 Å². The lowest BCUT2D eigenvalue weighted by atomic mass is 9.94. The molecule has 0 aliphatic heterocycles. The molecule has 1 aliphatic rings. The summed E-state index contributed by atoms with van der Waals surface area (Å²) in [6, 6.07) is 7.10. The second kappa shape index (κ2) is 7.95. The highest BCUT2D eigenvalue weighted by atomic mass is 16.3. The zero-order chi connectivity index (χ0) is 15.2. The fourth-order valence-corrected chi connectivity index (χ4v) is 3.56. The Morgan fingerprint density at radius 2 is 1.81 bits per heavy atom. The molecule has 1 saturated carbocycles. The van der Waals surface area contributed by atoms with Gasteiger partial charge in [-0.15, -0.1) is 0 Å². The van der Waals surface area contributed by atoms with Gasteiger partial charge in [0.05, 0.1) is 6.10 Å². The average molecular weight is 289 g/mol. The van der Waals surface area contributed by atoms with Crippen molar-refractivity contribution in [2.75, 3.05) is 0 Å². The minimum absolute atomic E-state index is 0.162. The normalized spacial score (nSPS) is 20.0. The average Bonchev–Trinajstić information content (AvgIpc) is 2.72. The van der Waals surface area contributed by atoms with Crippen LogP contribution in [0.3, 0.4) is 0 Å². The standard InChI is InChI=1S/C19H31NO/c1-4-18(20-16-9-7-5-6-8-10-16)19(21)17-12-11-14(2)13-15(17)3/h11-13,16,18-21H,4-10H2,1-3H3. The molecule has 0 heterocycles. The van der Waals surface area contributed by atoms with Gasteiger partial charge in [-0.25, -0.2) is 0 Å². The summed E-state index contributed by atoms with van der Waals surface area (Å²) in [5.41, 5.74) is 3.53. The number of hydrogen-bond acceptors (Lipinski definition) is 2. The van der Waals surface area contributed by atoms with Gasteiger partial charge in [0.2, 0.25) is 0 Å². The fraction of sp³-hybridized carbons (Fsp3) is 0.684. The van der Waals surface area contributed by atoms with Gasteiger partial charge in [0, 0.05) is 12.1 Å². The van der Waals surface area contributed by atoms with E-state index in [1.807, 2.05) is 0 Å². The molecule has 2 heteroatoms. The molecule has 2 nitrogen and oxygen atoms in total. The molecular formula is C19H31NO. The lowest BCUT2D eigenvalue weighted by molar-refractivity contribution is 0.116. The minimum Gasteiger partial charge on any atom is -0.387 e. The molecule has 1 aliphatic carbocycles. The number of rotatable bonds is 5. The van der Waals surface area contributed by atoms with Crippen LogP contribution in [-0.4, -0.2) is 17.2 Å². The van der Waals surface area contributed by atoms with Crippen LogP contribution < -0.4 is 5.32 Å². The summed E-state index contributed by atoms with van der Waals surface area (Å²) < 4.78 is 0. The Hall–Kier alpha value is -0.860. The maximum absolute atomic E-state index is 10.8. The van der Waals surface area contributed by atoms with Gasteiger partial charge in [0.1, 0.15) is 0 Å². The van der Waals surface area contributed by atoms with Crippen LogP contribution in [0.15, 0.2) is 18.2 Å². The predicted molar refractivity (Wildman–Crippen MR) is 89.6 cm³/mol. The minimum atomic E-state index is -0.404. The first-order valence-electron chi connectivity index (χ1n) is 8.63. The molecule has 0 spiro atoms. The van der Waals surface area contributed by atoms with E-state index in [-0.39, 0.29) is 6.04 Å². The third-order valence-electron chi connectivity index (χ3n) is 4.87. The zero-order valence-electron chi connectivity index (χ0n) is 13.9. The Morgan fingerprint density at radius 1 is 1.14 bits per heavy atom. The Labute approximate surface area is 130 Å². The molecule has 0 amide bonds.